The third kappa shape index (κ3) is 5.91. The van der Waals surface area contributed by atoms with Gasteiger partial charge in [0, 0.05) is 30.5 Å². The van der Waals surface area contributed by atoms with Crippen LogP contribution in [0.4, 0.5) is 0 Å². The van der Waals surface area contributed by atoms with Gasteiger partial charge in [-0.1, -0.05) is 60.6 Å². The highest BCUT2D eigenvalue weighted by atomic mass is 16.5. The van der Waals surface area contributed by atoms with Crippen molar-refractivity contribution < 1.29 is 29.0 Å². The molecule has 1 heterocycles. The van der Waals surface area contributed by atoms with Crippen molar-refractivity contribution in [3.05, 3.63) is 12.2 Å². The fraction of sp³-hybridized carbons (Fsp3) is 0.872. The number of ether oxygens (including phenoxy) is 1. The van der Waals surface area contributed by atoms with E-state index in [-0.39, 0.29) is 69.3 Å². The summed E-state index contributed by atoms with van der Waals surface area (Å²) in [6, 6.07) is 0.0219. The number of likely N-dealkylation sites (tertiary alicyclic amines) is 1. The summed E-state index contributed by atoms with van der Waals surface area (Å²) in [5, 5.41) is 13.3. The minimum absolute atomic E-state index is 0.0199. The summed E-state index contributed by atoms with van der Waals surface area (Å²) in [6.07, 6.45) is 12.8. The van der Waals surface area contributed by atoms with Crippen LogP contribution in [0.25, 0.3) is 0 Å². The maximum Gasteiger partial charge on any atom is 0.309 e. The highest BCUT2D eigenvalue weighted by Crippen LogP contribution is 2.77. The van der Waals surface area contributed by atoms with E-state index in [9.17, 15) is 24.3 Å². The molecule has 0 aromatic carbocycles. The average molecular weight is 763 g/mol. The molecule has 7 fully saturated rings. The van der Waals surface area contributed by atoms with Crippen LogP contribution in [-0.4, -0.2) is 59.0 Å². The molecule has 0 aromatic heterocycles. The van der Waals surface area contributed by atoms with Gasteiger partial charge in [0.1, 0.15) is 6.10 Å². The molecule has 8 nitrogen and oxygen atoms in total. The Bertz CT molecular complexity index is 1610. The highest BCUT2D eigenvalue weighted by molar-refractivity contribution is 5.86. The Hall–Kier alpha value is -2.38. The van der Waals surface area contributed by atoms with Crippen LogP contribution in [0.3, 0.4) is 0 Å². The smallest absolute Gasteiger partial charge is 0.309 e. The largest absolute Gasteiger partial charge is 0.481 e. The predicted molar refractivity (Wildman–Crippen MR) is 215 cm³/mol. The number of nitrogens with one attached hydrogen (secondary N) is 1. The van der Waals surface area contributed by atoms with Gasteiger partial charge in [-0.05, 0) is 155 Å². The molecule has 308 valence electrons. The summed E-state index contributed by atoms with van der Waals surface area (Å²) in [7, 11) is 0. The molecule has 2 N–H and O–H groups in total. The third-order valence-electron chi connectivity index (χ3n) is 19.2. The Morgan fingerprint density at radius 3 is 2.11 bits per heavy atom. The van der Waals surface area contributed by atoms with Crippen molar-refractivity contribution >= 4 is 23.8 Å². The van der Waals surface area contributed by atoms with Crippen molar-refractivity contribution in [2.45, 2.75) is 171 Å². The van der Waals surface area contributed by atoms with Crippen molar-refractivity contribution in [1.82, 2.24) is 10.2 Å². The predicted octanol–water partition coefficient (Wildman–Crippen LogP) is 9.21. The molecule has 2 unspecified atom stereocenters. The van der Waals surface area contributed by atoms with Crippen LogP contribution < -0.4 is 5.32 Å². The minimum atomic E-state index is -1.16. The molecule has 1 aliphatic heterocycles. The van der Waals surface area contributed by atoms with Gasteiger partial charge in [0.25, 0.3) is 0 Å². The van der Waals surface area contributed by atoms with E-state index in [1.165, 1.54) is 5.57 Å². The molecule has 12 atom stereocenters. The number of carbonyl (C=O) groups is 4. The van der Waals surface area contributed by atoms with Crippen molar-refractivity contribution in [3.8, 4) is 0 Å². The Morgan fingerprint density at radius 2 is 1.49 bits per heavy atom. The molecular formula is C47H74N2O6. The van der Waals surface area contributed by atoms with Gasteiger partial charge >= 0.3 is 11.9 Å². The molecule has 7 rings (SSSR count). The van der Waals surface area contributed by atoms with Gasteiger partial charge in [0.2, 0.25) is 11.8 Å². The number of nitrogens with zero attached hydrogens (tertiary/aromatic N) is 1. The molecule has 55 heavy (non-hydrogen) atoms. The number of carboxylic acids is 1. The standard InChI is InChI=1S/C47H74N2O6/c1-28(2)29-16-21-47(39(52)48-34-26-31(42(34,5)6)38(51)49-24-12-13-25-49)23-22-45(10)30(37(29)47)14-15-33-44(9)19-18-35(55-36(50)27-41(3,4)40(53)54)43(7,8)32(44)17-20-46(33,45)11/h29-35,37H,1,12-27H2,2-11H3,(H,48,52)(H,53,54)/t29-,30+,31-,32-,33+,34?,35?,37+,44-,45+,46+,47-/m0/s1. The first-order valence-corrected chi connectivity index (χ1v) is 22.2. The second-order valence-corrected chi connectivity index (χ2v) is 22.7. The summed E-state index contributed by atoms with van der Waals surface area (Å²) in [6.45, 7) is 28.4. The van der Waals surface area contributed by atoms with Crippen molar-refractivity contribution in [2.75, 3.05) is 13.1 Å². The number of carboxylic acid groups (broad SMARTS) is 1. The lowest BCUT2D eigenvalue weighted by Gasteiger charge is -2.73. The number of aliphatic carboxylic acids is 1. The van der Waals surface area contributed by atoms with Gasteiger partial charge in [0.05, 0.1) is 17.3 Å². The van der Waals surface area contributed by atoms with Gasteiger partial charge in [-0.3, -0.25) is 19.2 Å². The number of fused-ring (bicyclic) bond motifs is 7. The van der Waals surface area contributed by atoms with Gasteiger partial charge < -0.3 is 20.1 Å². The summed E-state index contributed by atoms with van der Waals surface area (Å²) in [5.74, 6) is 1.12. The highest BCUT2D eigenvalue weighted by Gasteiger charge is 2.72. The van der Waals surface area contributed by atoms with Crippen molar-refractivity contribution in [2.24, 2.45) is 73.4 Å². The van der Waals surface area contributed by atoms with Crippen LogP contribution in [0, 0.1) is 73.4 Å². The van der Waals surface area contributed by atoms with Crippen LogP contribution >= 0.6 is 0 Å². The molecule has 0 radical (unpaired) electrons. The number of carbonyl (C=O) groups excluding carboxylic acids is 3. The van der Waals surface area contributed by atoms with Crippen molar-refractivity contribution in [1.29, 1.82) is 0 Å². The van der Waals surface area contributed by atoms with Crippen LogP contribution in [-0.2, 0) is 23.9 Å². The van der Waals surface area contributed by atoms with Crippen LogP contribution in [0.15, 0.2) is 12.2 Å². The van der Waals surface area contributed by atoms with Crippen molar-refractivity contribution in [3.63, 3.8) is 0 Å². The van der Waals surface area contributed by atoms with Gasteiger partial charge in [-0.15, -0.1) is 0 Å². The monoisotopic (exact) mass is 763 g/mol. The lowest BCUT2D eigenvalue weighted by molar-refractivity contribution is -0.249. The van der Waals surface area contributed by atoms with E-state index in [1.54, 1.807) is 13.8 Å². The molecule has 6 aliphatic carbocycles. The van der Waals surface area contributed by atoms with Crippen LogP contribution in [0.1, 0.15) is 159 Å². The van der Waals surface area contributed by atoms with E-state index in [2.05, 4.69) is 67.3 Å². The fourth-order valence-electron chi connectivity index (χ4n) is 15.4. The minimum Gasteiger partial charge on any atom is -0.481 e. The third-order valence-corrected chi connectivity index (χ3v) is 19.2. The number of allylic oxidation sites excluding steroid dienone is 1. The van der Waals surface area contributed by atoms with Gasteiger partial charge in [-0.25, -0.2) is 0 Å². The Labute approximate surface area is 332 Å². The Morgan fingerprint density at radius 1 is 0.818 bits per heavy atom. The molecule has 7 aliphatic rings. The first-order chi connectivity index (χ1) is 25.5. The molecule has 0 spiro atoms. The Kier molecular flexibility index (Phi) is 9.89. The first kappa shape index (κ1) is 40.8. The van der Waals surface area contributed by atoms with E-state index >= 15 is 0 Å². The van der Waals surface area contributed by atoms with E-state index in [0.717, 1.165) is 96.6 Å². The molecule has 1 saturated heterocycles. The quantitative estimate of drug-likeness (QED) is 0.188. The summed E-state index contributed by atoms with van der Waals surface area (Å²) < 4.78 is 6.19. The lowest BCUT2D eigenvalue weighted by Crippen LogP contribution is -2.68. The molecule has 8 heteroatoms. The zero-order chi connectivity index (χ0) is 40.3. The SMILES string of the molecule is C=C(C)[C@@H]1CC[C@]2(C(=O)NC3C[C@@H](C(=O)N4CCCC4)C3(C)C)CC[C@]3(C)[C@H](CC[C@@H]4[C@@]5(C)CCC(OC(=O)CC(C)(C)C(=O)O)C(C)(C)[C@@H]5CC[C@]43C)[C@@H]12. The number of amides is 2. The lowest BCUT2D eigenvalue weighted by atomic mass is 9.32. The van der Waals surface area contributed by atoms with E-state index in [0.29, 0.717) is 23.7 Å². The van der Waals surface area contributed by atoms with Gasteiger partial charge in [0.15, 0.2) is 0 Å². The zero-order valence-corrected chi connectivity index (χ0v) is 36.1. The van der Waals surface area contributed by atoms with Crippen LogP contribution in [0.2, 0.25) is 0 Å². The number of hydrogen-bond acceptors (Lipinski definition) is 5. The van der Waals surface area contributed by atoms with E-state index < -0.39 is 22.8 Å². The average Bonchev–Trinajstić information content (AvgIpc) is 3.77. The molecule has 6 saturated carbocycles. The summed E-state index contributed by atoms with van der Waals surface area (Å²) in [5.41, 5.74) is -0.482. The van der Waals surface area contributed by atoms with E-state index in [1.807, 2.05) is 4.90 Å². The van der Waals surface area contributed by atoms with Gasteiger partial charge in [-0.2, -0.15) is 0 Å². The molecule has 0 aromatic rings. The zero-order valence-electron chi connectivity index (χ0n) is 36.1. The topological polar surface area (TPSA) is 113 Å². The second-order valence-electron chi connectivity index (χ2n) is 22.7. The second kappa shape index (κ2) is 13.3. The number of hydrogen-bond donors (Lipinski definition) is 2. The normalized spacial score (nSPS) is 44.1. The number of rotatable bonds is 8. The Balaban J connectivity index is 1.11. The fourth-order valence-corrected chi connectivity index (χ4v) is 15.4. The molecule has 2 amide bonds. The summed E-state index contributed by atoms with van der Waals surface area (Å²) >= 11 is 0. The molecular weight excluding hydrogens is 689 g/mol. The molecule has 0 bridgehead atoms. The maximum absolute atomic E-state index is 15.0. The maximum atomic E-state index is 15.0. The summed E-state index contributed by atoms with van der Waals surface area (Å²) in [4.78, 5) is 55.4. The first-order valence-electron chi connectivity index (χ1n) is 22.2. The van der Waals surface area contributed by atoms with E-state index in [4.69, 9.17) is 4.74 Å². The number of esters is 1. The van der Waals surface area contributed by atoms with Crippen LogP contribution in [0.5, 0.6) is 0 Å².